The maximum atomic E-state index is 13.2. The van der Waals surface area contributed by atoms with E-state index in [9.17, 15) is 9.59 Å². The van der Waals surface area contributed by atoms with Gasteiger partial charge in [0.2, 0.25) is 0 Å². The number of rotatable bonds is 3. The van der Waals surface area contributed by atoms with E-state index in [4.69, 9.17) is 11.6 Å². The molecule has 0 aliphatic rings. The molecule has 4 rings (SSSR count). The van der Waals surface area contributed by atoms with E-state index in [2.05, 4.69) is 5.32 Å². The minimum Gasteiger partial charge on any atom is -0.313 e. The zero-order chi connectivity index (χ0) is 18.8. The molecule has 0 unspecified atom stereocenters. The third kappa shape index (κ3) is 3.50. The molecule has 0 atom stereocenters. The van der Waals surface area contributed by atoms with Crippen LogP contribution in [0.25, 0.3) is 21.2 Å². The van der Waals surface area contributed by atoms with Gasteiger partial charge >= 0.3 is 0 Å². The second-order valence-electron chi connectivity index (χ2n) is 5.96. The molecular formula is C22H14ClNO2S. The fraction of sp³-hybridized carbons (Fsp3) is 0. The molecule has 1 aromatic heterocycles. The summed E-state index contributed by atoms with van der Waals surface area (Å²) in [4.78, 5) is 25.9. The second-order valence-corrected chi connectivity index (χ2v) is 7.45. The van der Waals surface area contributed by atoms with Crippen LogP contribution in [0.2, 0.25) is 5.02 Å². The molecule has 0 saturated heterocycles. The standard InChI is InChI=1S/C22H14ClNO2S/c23-16-10-6-9-15(13-16)19-20(25)17-11-4-5-12-18(17)27-22(19)24-21(26)14-7-2-1-3-8-14/h1-13H,(H,24,26). The van der Waals surface area contributed by atoms with Crippen LogP contribution in [0.4, 0.5) is 5.00 Å². The molecule has 0 aliphatic heterocycles. The second kappa shape index (κ2) is 7.35. The number of halogens is 1. The first kappa shape index (κ1) is 17.5. The predicted octanol–water partition coefficient (Wildman–Crippen LogP) is 5.83. The van der Waals surface area contributed by atoms with Crippen molar-refractivity contribution in [1.29, 1.82) is 0 Å². The van der Waals surface area contributed by atoms with E-state index in [1.165, 1.54) is 11.3 Å². The number of benzene rings is 3. The number of hydrogen-bond acceptors (Lipinski definition) is 3. The van der Waals surface area contributed by atoms with E-state index in [-0.39, 0.29) is 11.3 Å². The highest BCUT2D eigenvalue weighted by Crippen LogP contribution is 2.34. The Labute approximate surface area is 164 Å². The maximum Gasteiger partial charge on any atom is 0.256 e. The number of carbonyl (C=O) groups excluding carboxylic acids is 1. The van der Waals surface area contributed by atoms with Crippen molar-refractivity contribution < 1.29 is 4.79 Å². The third-order valence-electron chi connectivity index (χ3n) is 4.17. The van der Waals surface area contributed by atoms with Gasteiger partial charge in [-0.1, -0.05) is 54.1 Å². The maximum absolute atomic E-state index is 13.2. The molecule has 0 bridgehead atoms. The van der Waals surface area contributed by atoms with Gasteiger partial charge in [-0.05, 0) is 42.0 Å². The van der Waals surface area contributed by atoms with Gasteiger partial charge in [-0.15, -0.1) is 11.3 Å². The summed E-state index contributed by atoms with van der Waals surface area (Å²) >= 11 is 7.51. The van der Waals surface area contributed by atoms with Gasteiger partial charge in [0.15, 0.2) is 5.43 Å². The third-order valence-corrected chi connectivity index (χ3v) is 5.50. The number of carbonyl (C=O) groups is 1. The van der Waals surface area contributed by atoms with Crippen LogP contribution in [-0.2, 0) is 0 Å². The first-order valence-electron chi connectivity index (χ1n) is 8.31. The minimum atomic E-state index is -0.259. The van der Waals surface area contributed by atoms with Crippen LogP contribution in [0.3, 0.4) is 0 Å². The van der Waals surface area contributed by atoms with Gasteiger partial charge in [0.1, 0.15) is 5.00 Å². The topological polar surface area (TPSA) is 46.2 Å². The molecule has 1 heterocycles. The monoisotopic (exact) mass is 391 g/mol. The van der Waals surface area contributed by atoms with Gasteiger partial charge in [0.25, 0.3) is 5.91 Å². The highest BCUT2D eigenvalue weighted by Gasteiger charge is 2.17. The van der Waals surface area contributed by atoms with Gasteiger partial charge in [0, 0.05) is 20.7 Å². The zero-order valence-corrected chi connectivity index (χ0v) is 15.7. The Morgan fingerprint density at radius 1 is 0.889 bits per heavy atom. The molecule has 4 aromatic rings. The molecule has 1 N–H and O–H groups in total. The Kier molecular flexibility index (Phi) is 4.75. The largest absolute Gasteiger partial charge is 0.313 e. The van der Waals surface area contributed by atoms with Crippen molar-refractivity contribution in [3.63, 3.8) is 0 Å². The summed E-state index contributed by atoms with van der Waals surface area (Å²) in [6, 6.07) is 23.4. The number of hydrogen-bond donors (Lipinski definition) is 1. The van der Waals surface area contributed by atoms with Crippen LogP contribution in [0.1, 0.15) is 10.4 Å². The van der Waals surface area contributed by atoms with Crippen LogP contribution < -0.4 is 10.7 Å². The lowest BCUT2D eigenvalue weighted by atomic mass is 10.1. The average Bonchev–Trinajstić information content (AvgIpc) is 2.69. The van der Waals surface area contributed by atoms with Crippen molar-refractivity contribution >= 4 is 43.9 Å². The molecule has 0 spiro atoms. The highest BCUT2D eigenvalue weighted by molar-refractivity contribution is 7.22. The fourth-order valence-corrected chi connectivity index (χ4v) is 4.18. The predicted molar refractivity (Wildman–Crippen MR) is 113 cm³/mol. The van der Waals surface area contributed by atoms with Crippen molar-refractivity contribution in [3.05, 3.63) is 99.7 Å². The van der Waals surface area contributed by atoms with Crippen LogP contribution in [0.5, 0.6) is 0 Å². The summed E-state index contributed by atoms with van der Waals surface area (Å²) in [6.45, 7) is 0. The van der Waals surface area contributed by atoms with E-state index in [0.29, 0.717) is 32.1 Å². The Balaban J connectivity index is 1.91. The first-order valence-corrected chi connectivity index (χ1v) is 9.51. The van der Waals surface area contributed by atoms with Crippen LogP contribution in [-0.4, -0.2) is 5.91 Å². The smallest absolute Gasteiger partial charge is 0.256 e. The fourth-order valence-electron chi connectivity index (χ4n) is 2.90. The molecule has 0 fully saturated rings. The zero-order valence-electron chi connectivity index (χ0n) is 14.1. The molecule has 3 nitrogen and oxygen atoms in total. The van der Waals surface area contributed by atoms with Gasteiger partial charge < -0.3 is 5.32 Å². The number of amides is 1. The van der Waals surface area contributed by atoms with Gasteiger partial charge in [-0.25, -0.2) is 0 Å². The van der Waals surface area contributed by atoms with Crippen LogP contribution in [0, 0.1) is 0 Å². The van der Waals surface area contributed by atoms with Gasteiger partial charge in [-0.2, -0.15) is 0 Å². The van der Waals surface area contributed by atoms with E-state index < -0.39 is 0 Å². The average molecular weight is 392 g/mol. The van der Waals surface area contributed by atoms with Crippen molar-refractivity contribution in [1.82, 2.24) is 0 Å². The van der Waals surface area contributed by atoms with Crippen LogP contribution >= 0.6 is 22.9 Å². The molecule has 3 aromatic carbocycles. The van der Waals surface area contributed by atoms with Crippen molar-refractivity contribution in [2.45, 2.75) is 0 Å². The van der Waals surface area contributed by atoms with E-state index >= 15 is 0 Å². The molecule has 5 heteroatoms. The Bertz CT molecular complexity index is 1200. The number of anilines is 1. The Morgan fingerprint density at radius 3 is 2.41 bits per heavy atom. The van der Waals surface area contributed by atoms with E-state index in [1.54, 1.807) is 48.5 Å². The summed E-state index contributed by atoms with van der Waals surface area (Å²) in [5, 5.41) is 4.58. The molecule has 1 amide bonds. The summed E-state index contributed by atoms with van der Waals surface area (Å²) < 4.78 is 0.816. The van der Waals surface area contributed by atoms with Crippen LogP contribution in [0.15, 0.2) is 83.7 Å². The summed E-state index contributed by atoms with van der Waals surface area (Å²) in [5.41, 5.74) is 1.53. The van der Waals surface area contributed by atoms with Gasteiger partial charge in [-0.3, -0.25) is 9.59 Å². The normalized spacial score (nSPS) is 10.7. The summed E-state index contributed by atoms with van der Waals surface area (Å²) in [5.74, 6) is -0.259. The first-order chi connectivity index (χ1) is 13.1. The molecule has 0 aliphatic carbocycles. The molecule has 0 saturated carbocycles. The van der Waals surface area contributed by atoms with Crippen molar-refractivity contribution in [3.8, 4) is 11.1 Å². The minimum absolute atomic E-state index is 0.130. The molecular weight excluding hydrogens is 378 g/mol. The molecule has 0 radical (unpaired) electrons. The lowest BCUT2D eigenvalue weighted by Crippen LogP contribution is -2.15. The summed E-state index contributed by atoms with van der Waals surface area (Å²) in [6.07, 6.45) is 0. The Morgan fingerprint density at radius 2 is 1.63 bits per heavy atom. The summed E-state index contributed by atoms with van der Waals surface area (Å²) in [7, 11) is 0. The SMILES string of the molecule is O=C(Nc1sc2ccccc2c(=O)c1-c1cccc(Cl)c1)c1ccccc1. The Hall–Kier alpha value is -2.95. The van der Waals surface area contributed by atoms with Gasteiger partial charge in [0.05, 0.1) is 5.56 Å². The number of nitrogens with one attached hydrogen (secondary N) is 1. The quantitative estimate of drug-likeness (QED) is 0.477. The molecule has 132 valence electrons. The lowest BCUT2D eigenvalue weighted by Gasteiger charge is -2.12. The highest BCUT2D eigenvalue weighted by atomic mass is 35.5. The lowest BCUT2D eigenvalue weighted by molar-refractivity contribution is 0.102. The van der Waals surface area contributed by atoms with E-state index in [0.717, 1.165) is 4.70 Å². The molecule has 27 heavy (non-hydrogen) atoms. The van der Waals surface area contributed by atoms with Crippen molar-refractivity contribution in [2.24, 2.45) is 0 Å². The van der Waals surface area contributed by atoms with E-state index in [1.807, 2.05) is 30.3 Å². The number of fused-ring (bicyclic) bond motifs is 1. The van der Waals surface area contributed by atoms with Crippen molar-refractivity contribution in [2.75, 3.05) is 5.32 Å².